The van der Waals surface area contributed by atoms with Crippen molar-refractivity contribution in [1.29, 1.82) is 0 Å². The van der Waals surface area contributed by atoms with Crippen molar-refractivity contribution in [3.63, 3.8) is 0 Å². The molecule has 0 saturated carbocycles. The van der Waals surface area contributed by atoms with E-state index >= 15 is 0 Å². The highest BCUT2D eigenvalue weighted by Gasteiger charge is 2.87. The minimum Gasteiger partial charge on any atom is -0.391 e. The topological polar surface area (TPSA) is 54.0 Å². The van der Waals surface area contributed by atoms with Crippen LogP contribution in [0.4, 0.5) is 132 Å². The van der Waals surface area contributed by atoms with Crippen molar-refractivity contribution in [2.75, 3.05) is 0 Å². The first-order valence-electron chi connectivity index (χ1n) is 10.0. The van der Waals surface area contributed by atoms with Gasteiger partial charge in [0, 0.05) is 0 Å². The van der Waals surface area contributed by atoms with Crippen LogP contribution in [0.1, 0.15) is 0 Å². The number of carbonyl (C=O) groups excluding carboxylic acids is 1. The van der Waals surface area contributed by atoms with Crippen LogP contribution in [-0.2, 0) is 23.7 Å². The van der Waals surface area contributed by atoms with E-state index in [4.69, 9.17) is 0 Å². The molecule has 0 N–H and O–H groups in total. The van der Waals surface area contributed by atoms with Gasteiger partial charge in [0.2, 0.25) is 0 Å². The fraction of sp³-hybridized carbons (Fsp3) is 0.933. The normalized spacial score (nSPS) is 18.4. The zero-order valence-corrected chi connectivity index (χ0v) is 20.9. The Morgan fingerprint density at radius 2 is 0.600 bits per heavy atom. The molecule has 0 spiro atoms. The summed E-state index contributed by atoms with van der Waals surface area (Å²) in [6.07, 6.45) is -75.4. The van der Waals surface area contributed by atoms with Crippen LogP contribution in [0, 0.1) is 0 Å². The predicted octanol–water partition coefficient (Wildman–Crippen LogP) is 9.03. The zero-order chi connectivity index (χ0) is 41.4. The van der Waals surface area contributed by atoms with E-state index in [1.165, 1.54) is 4.74 Å². The Labute approximate surface area is 247 Å². The fourth-order valence-corrected chi connectivity index (χ4v) is 2.02. The largest absolute Gasteiger partial charge is 0.476 e. The van der Waals surface area contributed by atoms with Crippen LogP contribution >= 0.6 is 0 Å². The van der Waals surface area contributed by atoms with Gasteiger partial charge in [-0.2, -0.15) is 132 Å². The second-order valence-corrected chi connectivity index (χ2v) is 8.18. The van der Waals surface area contributed by atoms with Crippen molar-refractivity contribution in [2.24, 2.45) is 0 Å². The van der Waals surface area contributed by atoms with Gasteiger partial charge in [-0.05, 0) is 0 Å². The number of alkyl halides is 30. The molecule has 2 unspecified atom stereocenters. The lowest BCUT2D eigenvalue weighted by Crippen LogP contribution is -2.69. The van der Waals surface area contributed by atoms with Crippen molar-refractivity contribution in [2.45, 2.75) is 84.7 Å². The highest BCUT2D eigenvalue weighted by atomic mass is 19.4. The molecular formula is C15F30O5. The van der Waals surface area contributed by atoms with Gasteiger partial charge in [0.1, 0.15) is 0 Å². The third-order valence-electron chi connectivity index (χ3n) is 4.56. The molecule has 0 saturated heterocycles. The van der Waals surface area contributed by atoms with Crippen LogP contribution in [0.2, 0.25) is 0 Å². The van der Waals surface area contributed by atoms with Crippen molar-refractivity contribution in [3.05, 3.63) is 0 Å². The van der Waals surface area contributed by atoms with Gasteiger partial charge in [0.15, 0.2) is 0 Å². The SMILES string of the molecule is O=C(OC(F)(F)C(F)(F)C(F)(F)OC(F)(F)C(F)(F)C(F)(F)F)C(F)(OC(F)(F)C(F)(OC(F)(F)C(F)(F)C(F)(F)F)C(F)(F)F)C(F)(F)F. The minimum atomic E-state index is -8.87. The molecule has 0 aliphatic heterocycles. The maximum Gasteiger partial charge on any atom is 0.476 e. The highest BCUT2D eigenvalue weighted by Crippen LogP contribution is 2.58. The Kier molecular flexibility index (Phi) is 11.5. The van der Waals surface area contributed by atoms with Crippen LogP contribution < -0.4 is 0 Å². The first-order chi connectivity index (χ1) is 21.0. The second-order valence-electron chi connectivity index (χ2n) is 8.18. The average Bonchev–Trinajstić information content (AvgIpc) is 2.78. The molecule has 50 heavy (non-hydrogen) atoms. The molecule has 2 atom stereocenters. The maximum absolute atomic E-state index is 14.2. The van der Waals surface area contributed by atoms with Crippen molar-refractivity contribution in [1.82, 2.24) is 0 Å². The second kappa shape index (κ2) is 12.2. The molecule has 0 bridgehead atoms. The van der Waals surface area contributed by atoms with E-state index in [0.717, 1.165) is 14.2 Å². The maximum atomic E-state index is 14.2. The van der Waals surface area contributed by atoms with E-state index in [1.807, 2.05) is 0 Å². The van der Waals surface area contributed by atoms with E-state index in [1.54, 1.807) is 0 Å². The zero-order valence-electron chi connectivity index (χ0n) is 20.9. The lowest BCUT2D eigenvalue weighted by molar-refractivity contribution is -0.550. The molecule has 0 aromatic carbocycles. The Bertz CT molecular complexity index is 1220. The summed E-state index contributed by atoms with van der Waals surface area (Å²) in [6, 6.07) is 0. The quantitative estimate of drug-likeness (QED) is 0.137. The van der Waals surface area contributed by atoms with Crippen LogP contribution in [0.15, 0.2) is 0 Å². The monoisotopic (exact) mass is 830 g/mol. The van der Waals surface area contributed by atoms with Gasteiger partial charge in [-0.3, -0.25) is 9.47 Å². The Hall–Kier alpha value is -2.75. The summed E-state index contributed by atoms with van der Waals surface area (Å²) < 4.78 is 393. The van der Waals surface area contributed by atoms with Crippen LogP contribution in [0.25, 0.3) is 0 Å². The Balaban J connectivity index is 7.12. The summed E-state index contributed by atoms with van der Waals surface area (Å²) in [6.45, 7) is 0. The third-order valence-corrected chi connectivity index (χ3v) is 4.56. The van der Waals surface area contributed by atoms with Gasteiger partial charge in [-0.1, -0.05) is 0 Å². The van der Waals surface area contributed by atoms with Gasteiger partial charge in [-0.15, -0.1) is 0 Å². The molecular weight excluding hydrogens is 830 g/mol. The van der Waals surface area contributed by atoms with Gasteiger partial charge in [0.05, 0.1) is 0 Å². The summed E-state index contributed by atoms with van der Waals surface area (Å²) >= 11 is 0. The number of hydrogen-bond donors (Lipinski definition) is 0. The molecule has 0 aliphatic rings. The smallest absolute Gasteiger partial charge is 0.391 e. The number of hydrogen-bond acceptors (Lipinski definition) is 5. The number of rotatable bonds is 13. The molecule has 0 radical (unpaired) electrons. The van der Waals surface area contributed by atoms with Gasteiger partial charge < -0.3 is 4.74 Å². The molecule has 0 amide bonds. The molecule has 35 heteroatoms. The van der Waals surface area contributed by atoms with E-state index < -0.39 is 90.7 Å². The number of esters is 1. The molecule has 0 aromatic heterocycles. The molecule has 0 rings (SSSR count). The minimum absolute atomic E-state index is 0.930. The Morgan fingerprint density at radius 1 is 0.300 bits per heavy atom. The fourth-order valence-electron chi connectivity index (χ4n) is 2.02. The van der Waals surface area contributed by atoms with Gasteiger partial charge in [0.25, 0.3) is 0 Å². The summed E-state index contributed by atoms with van der Waals surface area (Å²) in [4.78, 5) is 11.2. The standard InChI is InChI=1S/C15F30O5/c16-2(7(24,25)26,48-15(44,45)6(23,10(33,34)35)49-12(38,39)3(17,18)8(27,28)29)1(46)47-11(36,37)5(21,22)14(42,43)50-13(40,41)4(19,20)9(30,31)32. The lowest BCUT2D eigenvalue weighted by Gasteiger charge is -2.40. The van der Waals surface area contributed by atoms with E-state index in [9.17, 15) is 137 Å². The van der Waals surface area contributed by atoms with Gasteiger partial charge in [-0.25, -0.2) is 9.53 Å². The van der Waals surface area contributed by atoms with Crippen molar-refractivity contribution >= 4 is 5.97 Å². The first kappa shape index (κ1) is 47.2. The first-order valence-corrected chi connectivity index (χ1v) is 10.0. The summed E-state index contributed by atoms with van der Waals surface area (Å²) in [7, 11) is 0. The molecule has 0 heterocycles. The predicted molar refractivity (Wildman–Crippen MR) is 80.8 cm³/mol. The van der Waals surface area contributed by atoms with E-state index in [2.05, 4.69) is 0 Å². The summed E-state index contributed by atoms with van der Waals surface area (Å²) in [5.41, 5.74) is 0. The van der Waals surface area contributed by atoms with Crippen LogP contribution in [0.3, 0.4) is 0 Å². The molecule has 0 fully saturated rings. The Morgan fingerprint density at radius 3 is 0.880 bits per heavy atom. The van der Waals surface area contributed by atoms with Crippen molar-refractivity contribution in [3.8, 4) is 0 Å². The molecule has 300 valence electrons. The van der Waals surface area contributed by atoms with E-state index in [-0.39, 0.29) is 0 Å². The molecule has 0 aliphatic carbocycles. The lowest BCUT2D eigenvalue weighted by atomic mass is 10.2. The summed E-state index contributed by atoms with van der Waals surface area (Å²) in [5.74, 6) is -48.3. The van der Waals surface area contributed by atoms with Gasteiger partial charge >= 0.3 is 90.7 Å². The molecule has 5 nitrogen and oxygen atoms in total. The van der Waals surface area contributed by atoms with Crippen LogP contribution in [0.5, 0.6) is 0 Å². The average molecular weight is 830 g/mol. The summed E-state index contributed by atoms with van der Waals surface area (Å²) in [5, 5.41) is 0. The third kappa shape index (κ3) is 7.70. The number of carbonyl (C=O) groups is 1. The molecule has 0 aromatic rings. The highest BCUT2D eigenvalue weighted by molar-refractivity contribution is 5.79. The number of halogens is 30. The van der Waals surface area contributed by atoms with Crippen LogP contribution in [-0.4, -0.2) is 90.7 Å². The number of ether oxygens (including phenoxy) is 4. The van der Waals surface area contributed by atoms with E-state index in [0.29, 0.717) is 0 Å². The van der Waals surface area contributed by atoms with Crippen molar-refractivity contribution < 1.29 is 155 Å².